The van der Waals surface area contributed by atoms with Crippen LogP contribution in [0.2, 0.25) is 0 Å². The first kappa shape index (κ1) is 18.1. The van der Waals surface area contributed by atoms with Gasteiger partial charge < -0.3 is 9.64 Å². The maximum Gasteiger partial charge on any atom is 0.276 e. The smallest absolute Gasteiger partial charge is 0.276 e. The van der Waals surface area contributed by atoms with E-state index in [0.29, 0.717) is 29.4 Å². The normalized spacial score (nSPS) is 19.2. The zero-order valence-electron chi connectivity index (χ0n) is 15.1. The predicted octanol–water partition coefficient (Wildman–Crippen LogP) is 2.06. The van der Waals surface area contributed by atoms with Crippen LogP contribution in [0.1, 0.15) is 35.8 Å². The highest BCUT2D eigenvalue weighted by molar-refractivity contribution is 7.04. The van der Waals surface area contributed by atoms with Gasteiger partial charge >= 0.3 is 0 Å². The number of amides is 1. The molecule has 0 unspecified atom stereocenters. The van der Waals surface area contributed by atoms with Crippen molar-refractivity contribution in [2.75, 3.05) is 6.54 Å². The average Bonchev–Trinajstić information content (AvgIpc) is 3.40. The van der Waals surface area contributed by atoms with E-state index < -0.39 is 0 Å². The van der Waals surface area contributed by atoms with Gasteiger partial charge in [0.25, 0.3) is 5.91 Å². The number of ether oxygens (including phenoxy) is 1. The van der Waals surface area contributed by atoms with Crippen LogP contribution in [0, 0.1) is 11.3 Å². The summed E-state index contributed by atoms with van der Waals surface area (Å²) < 4.78 is 10.2. The van der Waals surface area contributed by atoms with Gasteiger partial charge in [0.1, 0.15) is 11.8 Å². The summed E-state index contributed by atoms with van der Waals surface area (Å²) in [5.74, 6) is 0.217. The van der Waals surface area contributed by atoms with Crippen LogP contribution >= 0.6 is 11.5 Å². The summed E-state index contributed by atoms with van der Waals surface area (Å²) in [6.45, 7) is 2.43. The number of carbonyl (C=O) groups excluding carboxylic acids is 1. The number of hydrogen-bond donors (Lipinski definition) is 0. The van der Waals surface area contributed by atoms with Crippen LogP contribution in [-0.2, 0) is 0 Å². The molecule has 1 fully saturated rings. The molecule has 1 aliphatic heterocycles. The fraction of sp³-hybridized carbons (Fsp3) is 0.333. The average molecular weight is 395 g/mol. The maximum atomic E-state index is 13.2. The number of rotatable bonds is 4. The highest BCUT2D eigenvalue weighted by Gasteiger charge is 2.33. The lowest BCUT2D eigenvalue weighted by atomic mass is 10.0. The van der Waals surface area contributed by atoms with Gasteiger partial charge in [0.15, 0.2) is 5.69 Å². The van der Waals surface area contributed by atoms with Crippen molar-refractivity contribution in [3.05, 3.63) is 47.4 Å². The van der Waals surface area contributed by atoms with Crippen LogP contribution in [-0.4, -0.2) is 53.8 Å². The lowest BCUT2D eigenvalue weighted by Gasteiger charge is -2.37. The van der Waals surface area contributed by atoms with Crippen molar-refractivity contribution < 1.29 is 9.53 Å². The van der Waals surface area contributed by atoms with Gasteiger partial charge in [-0.3, -0.25) is 4.79 Å². The van der Waals surface area contributed by atoms with E-state index in [2.05, 4.69) is 25.6 Å². The number of likely N-dealkylation sites (tertiary alicyclic amines) is 1. The lowest BCUT2D eigenvalue weighted by molar-refractivity contribution is 0.0369. The highest BCUT2D eigenvalue weighted by atomic mass is 32.1. The minimum absolute atomic E-state index is 0.0610. The molecule has 142 valence electrons. The molecule has 4 heterocycles. The number of hydrogen-bond acceptors (Lipinski definition) is 8. The Kier molecular flexibility index (Phi) is 4.99. The largest absolute Gasteiger partial charge is 0.472 e. The minimum Gasteiger partial charge on any atom is -0.472 e. The molecule has 0 aromatic carbocycles. The molecule has 0 saturated carbocycles. The van der Waals surface area contributed by atoms with Gasteiger partial charge in [0, 0.05) is 23.7 Å². The predicted molar refractivity (Wildman–Crippen MR) is 100 cm³/mol. The minimum atomic E-state index is -0.202. The van der Waals surface area contributed by atoms with Crippen molar-refractivity contribution in [1.82, 2.24) is 29.3 Å². The fourth-order valence-corrected chi connectivity index (χ4v) is 3.80. The van der Waals surface area contributed by atoms with E-state index in [1.165, 1.54) is 16.3 Å². The SMILES string of the molecule is C[C@@H]1CC[C@@H](Oc2cc(C#N)ccn2)CN1C(=O)c1nscc1-n1nccn1. The van der Waals surface area contributed by atoms with Crippen LogP contribution in [0.15, 0.2) is 36.1 Å². The second-order valence-corrected chi connectivity index (χ2v) is 7.11. The summed E-state index contributed by atoms with van der Waals surface area (Å²) >= 11 is 1.20. The molecule has 3 aromatic heterocycles. The molecular weight excluding hydrogens is 378 g/mol. The van der Waals surface area contributed by atoms with E-state index in [9.17, 15) is 4.79 Å². The van der Waals surface area contributed by atoms with Crippen molar-refractivity contribution in [2.24, 2.45) is 0 Å². The quantitative estimate of drug-likeness (QED) is 0.665. The molecule has 0 spiro atoms. The third-order valence-electron chi connectivity index (χ3n) is 4.64. The standard InChI is InChI=1S/C18H17N7O2S/c1-12-2-3-14(27-16-8-13(9-19)4-5-20-16)10-24(12)18(26)17-15(11-28-23-17)25-21-6-7-22-25/h4-8,11-12,14H,2-3,10H2,1H3/t12-,14-/m1/s1. The van der Waals surface area contributed by atoms with Crippen LogP contribution in [0.5, 0.6) is 5.88 Å². The Morgan fingerprint density at radius 2 is 2.14 bits per heavy atom. The van der Waals surface area contributed by atoms with Crippen molar-refractivity contribution in [2.45, 2.75) is 31.9 Å². The summed E-state index contributed by atoms with van der Waals surface area (Å²) in [6.07, 6.45) is 6.05. The zero-order chi connectivity index (χ0) is 19.5. The van der Waals surface area contributed by atoms with Gasteiger partial charge in [0.05, 0.1) is 30.6 Å². The molecule has 4 rings (SSSR count). The molecule has 0 radical (unpaired) electrons. The van der Waals surface area contributed by atoms with Gasteiger partial charge in [-0.05, 0) is 37.4 Å². The second kappa shape index (κ2) is 7.74. The van der Waals surface area contributed by atoms with E-state index in [-0.39, 0.29) is 18.1 Å². The van der Waals surface area contributed by atoms with Crippen molar-refractivity contribution in [3.63, 3.8) is 0 Å². The highest BCUT2D eigenvalue weighted by Crippen LogP contribution is 2.25. The third kappa shape index (κ3) is 3.57. The first-order valence-electron chi connectivity index (χ1n) is 8.80. The van der Waals surface area contributed by atoms with E-state index >= 15 is 0 Å². The Morgan fingerprint density at radius 1 is 1.32 bits per heavy atom. The monoisotopic (exact) mass is 395 g/mol. The van der Waals surface area contributed by atoms with Gasteiger partial charge in [-0.1, -0.05) is 0 Å². The Balaban J connectivity index is 1.52. The molecule has 28 heavy (non-hydrogen) atoms. The number of aromatic nitrogens is 5. The molecule has 2 atom stereocenters. The van der Waals surface area contributed by atoms with Gasteiger partial charge in [-0.15, -0.1) is 4.80 Å². The van der Waals surface area contributed by atoms with Gasteiger partial charge in [-0.2, -0.15) is 19.8 Å². The van der Waals surface area contributed by atoms with E-state index in [4.69, 9.17) is 10.00 Å². The number of nitriles is 1. The molecule has 9 nitrogen and oxygen atoms in total. The Hall–Kier alpha value is -3.32. The van der Waals surface area contributed by atoms with Gasteiger partial charge in [0.2, 0.25) is 5.88 Å². The molecule has 0 N–H and O–H groups in total. The first-order chi connectivity index (χ1) is 13.7. The molecule has 3 aromatic rings. The summed E-state index contributed by atoms with van der Waals surface area (Å²) in [5.41, 5.74) is 1.39. The Morgan fingerprint density at radius 3 is 2.93 bits per heavy atom. The van der Waals surface area contributed by atoms with Crippen molar-refractivity contribution in [1.29, 1.82) is 5.26 Å². The number of carbonyl (C=O) groups is 1. The van der Waals surface area contributed by atoms with Crippen molar-refractivity contribution >= 4 is 17.4 Å². The lowest BCUT2D eigenvalue weighted by Crippen LogP contribution is -2.49. The second-order valence-electron chi connectivity index (χ2n) is 6.49. The summed E-state index contributed by atoms with van der Waals surface area (Å²) in [7, 11) is 0. The van der Waals surface area contributed by atoms with E-state index in [1.807, 2.05) is 6.92 Å². The Bertz CT molecular complexity index is 1010. The molecule has 1 aliphatic rings. The number of nitrogens with zero attached hydrogens (tertiary/aromatic N) is 7. The molecule has 0 aliphatic carbocycles. The summed E-state index contributed by atoms with van der Waals surface area (Å²) in [4.78, 5) is 20.5. The zero-order valence-corrected chi connectivity index (χ0v) is 15.9. The van der Waals surface area contributed by atoms with Gasteiger partial charge in [-0.25, -0.2) is 4.98 Å². The van der Waals surface area contributed by atoms with E-state index in [1.54, 1.807) is 41.0 Å². The molecule has 10 heteroatoms. The first-order valence-corrected chi connectivity index (χ1v) is 9.64. The van der Waals surface area contributed by atoms with Crippen LogP contribution < -0.4 is 4.74 Å². The maximum absolute atomic E-state index is 13.2. The van der Waals surface area contributed by atoms with E-state index in [0.717, 1.165) is 12.8 Å². The molecular formula is C18H17N7O2S. The van der Waals surface area contributed by atoms with Crippen LogP contribution in [0.25, 0.3) is 5.69 Å². The summed E-state index contributed by atoms with van der Waals surface area (Å²) in [6, 6.07) is 5.36. The summed E-state index contributed by atoms with van der Waals surface area (Å²) in [5, 5.41) is 19.0. The number of piperidine rings is 1. The number of pyridine rings is 1. The topological polar surface area (TPSA) is 110 Å². The van der Waals surface area contributed by atoms with Crippen LogP contribution in [0.4, 0.5) is 0 Å². The third-order valence-corrected chi connectivity index (χ3v) is 5.26. The molecule has 1 amide bonds. The Labute approximate surface area is 165 Å². The molecule has 1 saturated heterocycles. The van der Waals surface area contributed by atoms with Crippen molar-refractivity contribution in [3.8, 4) is 17.6 Å². The fourth-order valence-electron chi connectivity index (χ4n) is 3.17. The van der Waals surface area contributed by atoms with Crippen LogP contribution in [0.3, 0.4) is 0 Å². The molecule has 0 bridgehead atoms.